The number of benzene rings is 2. The molecule has 1 amide bonds. The highest BCUT2D eigenvalue weighted by molar-refractivity contribution is 5.99. The minimum absolute atomic E-state index is 0.111. The molecule has 0 bridgehead atoms. The monoisotopic (exact) mass is 512 g/mol. The molecule has 0 radical (unpaired) electrons. The Morgan fingerprint density at radius 1 is 0.947 bits per heavy atom. The molecule has 0 N–H and O–H groups in total. The summed E-state index contributed by atoms with van der Waals surface area (Å²) in [7, 11) is 0. The Balaban J connectivity index is 1.37. The summed E-state index contributed by atoms with van der Waals surface area (Å²) in [6, 6.07) is 20.5. The summed E-state index contributed by atoms with van der Waals surface area (Å²) in [4.78, 5) is 39.8. The van der Waals surface area contributed by atoms with Crippen molar-refractivity contribution in [1.82, 2.24) is 14.9 Å². The number of carbonyl (C=O) groups excluding carboxylic acids is 2. The van der Waals surface area contributed by atoms with Crippen molar-refractivity contribution < 1.29 is 14.3 Å². The quantitative estimate of drug-likeness (QED) is 0.414. The maximum Gasteiger partial charge on any atom is 0.310 e. The van der Waals surface area contributed by atoms with Gasteiger partial charge in [-0.05, 0) is 50.5 Å². The van der Waals surface area contributed by atoms with Crippen LogP contribution in [0, 0.1) is 11.8 Å². The molecule has 0 spiro atoms. The van der Waals surface area contributed by atoms with Crippen LogP contribution >= 0.6 is 0 Å². The number of carbonyl (C=O) groups is 2. The lowest BCUT2D eigenvalue weighted by molar-refractivity contribution is -0.149. The first-order valence-electron chi connectivity index (χ1n) is 13.8. The minimum atomic E-state index is -0.283. The van der Waals surface area contributed by atoms with Crippen molar-refractivity contribution in [2.75, 3.05) is 37.7 Å². The fraction of sp³-hybridized carbons (Fsp3) is 0.419. The second-order valence-corrected chi connectivity index (χ2v) is 10.3. The van der Waals surface area contributed by atoms with Gasteiger partial charge < -0.3 is 14.5 Å². The van der Waals surface area contributed by atoms with E-state index in [-0.39, 0.29) is 17.8 Å². The maximum atomic E-state index is 13.8. The topological polar surface area (TPSA) is 75.6 Å². The van der Waals surface area contributed by atoms with Crippen LogP contribution in [0.15, 0.2) is 66.9 Å². The highest BCUT2D eigenvalue weighted by atomic mass is 16.5. The van der Waals surface area contributed by atoms with Crippen molar-refractivity contribution in [3.8, 4) is 11.4 Å². The second kappa shape index (κ2) is 12.2. The summed E-state index contributed by atoms with van der Waals surface area (Å²) in [6.07, 6.45) is 6.36. The SMILES string of the molecule is CCOC(=O)C1CCCN(C(=O)c2cnc(-c3ccccc3)nc2N2CCC(Cc3ccccc3)CC2)C1. The summed E-state index contributed by atoms with van der Waals surface area (Å²) in [5, 5.41) is 0. The van der Waals surface area contributed by atoms with Crippen LogP contribution in [-0.2, 0) is 16.0 Å². The molecule has 5 rings (SSSR count). The number of anilines is 1. The fourth-order valence-electron chi connectivity index (χ4n) is 5.57. The highest BCUT2D eigenvalue weighted by Crippen LogP contribution is 2.30. The van der Waals surface area contributed by atoms with Crippen LogP contribution in [0.4, 0.5) is 5.82 Å². The van der Waals surface area contributed by atoms with Crippen LogP contribution in [-0.4, -0.2) is 59.5 Å². The Hall–Kier alpha value is -3.74. The van der Waals surface area contributed by atoms with E-state index < -0.39 is 0 Å². The molecule has 1 unspecified atom stereocenters. The average molecular weight is 513 g/mol. The molecule has 2 aromatic carbocycles. The Morgan fingerprint density at radius 3 is 2.37 bits per heavy atom. The first-order chi connectivity index (χ1) is 18.6. The second-order valence-electron chi connectivity index (χ2n) is 10.3. The number of rotatable bonds is 7. The average Bonchev–Trinajstić information content (AvgIpc) is 2.98. The number of hydrogen-bond acceptors (Lipinski definition) is 6. The molecule has 2 fully saturated rings. The number of ether oxygens (including phenoxy) is 1. The van der Waals surface area contributed by atoms with Gasteiger partial charge in [0.25, 0.3) is 5.91 Å². The summed E-state index contributed by atoms with van der Waals surface area (Å²) in [5.41, 5.74) is 2.80. The number of nitrogens with zero attached hydrogens (tertiary/aromatic N) is 4. The standard InChI is InChI=1S/C31H36N4O3/c1-2-38-31(37)26-14-9-17-35(22-26)30(36)27-21-32-28(25-12-7-4-8-13-25)33-29(27)34-18-15-24(16-19-34)20-23-10-5-3-6-11-23/h3-8,10-13,21,24,26H,2,9,14-20,22H2,1H3. The first kappa shape index (κ1) is 25.9. The van der Waals surface area contributed by atoms with Crippen molar-refractivity contribution in [2.45, 2.75) is 39.0 Å². The van der Waals surface area contributed by atoms with E-state index in [1.54, 1.807) is 11.1 Å². The van der Waals surface area contributed by atoms with Gasteiger partial charge in [-0.3, -0.25) is 9.59 Å². The molecule has 2 aliphatic heterocycles. The normalized spacial score (nSPS) is 18.3. The van der Waals surface area contributed by atoms with Gasteiger partial charge in [-0.1, -0.05) is 60.7 Å². The van der Waals surface area contributed by atoms with E-state index in [4.69, 9.17) is 9.72 Å². The molecule has 3 heterocycles. The van der Waals surface area contributed by atoms with Gasteiger partial charge in [0.1, 0.15) is 11.4 Å². The maximum absolute atomic E-state index is 13.8. The third-order valence-corrected chi connectivity index (χ3v) is 7.64. The van der Waals surface area contributed by atoms with Crippen LogP contribution in [0.2, 0.25) is 0 Å². The summed E-state index contributed by atoms with van der Waals surface area (Å²) >= 11 is 0. The van der Waals surface area contributed by atoms with Gasteiger partial charge in [-0.15, -0.1) is 0 Å². The summed E-state index contributed by atoms with van der Waals surface area (Å²) in [5.74, 6) is 1.30. The molecular weight excluding hydrogens is 476 g/mol. The molecule has 2 aliphatic rings. The number of aromatic nitrogens is 2. The molecule has 7 heteroatoms. The lowest BCUT2D eigenvalue weighted by Gasteiger charge is -2.35. The van der Waals surface area contributed by atoms with Gasteiger partial charge in [0, 0.05) is 37.9 Å². The van der Waals surface area contributed by atoms with E-state index >= 15 is 0 Å². The molecular formula is C31H36N4O3. The largest absolute Gasteiger partial charge is 0.466 e. The van der Waals surface area contributed by atoms with E-state index in [1.807, 2.05) is 37.3 Å². The summed E-state index contributed by atoms with van der Waals surface area (Å²) < 4.78 is 5.24. The van der Waals surface area contributed by atoms with Gasteiger partial charge in [0.05, 0.1) is 12.5 Å². The number of esters is 1. The van der Waals surface area contributed by atoms with Crippen LogP contribution in [0.25, 0.3) is 11.4 Å². The van der Waals surface area contributed by atoms with E-state index in [1.165, 1.54) is 5.56 Å². The third-order valence-electron chi connectivity index (χ3n) is 7.64. The Morgan fingerprint density at radius 2 is 1.66 bits per heavy atom. The van der Waals surface area contributed by atoms with Crippen molar-refractivity contribution in [1.29, 1.82) is 0 Å². The van der Waals surface area contributed by atoms with Gasteiger partial charge in [-0.2, -0.15) is 0 Å². The number of hydrogen-bond donors (Lipinski definition) is 0. The number of piperidine rings is 2. The molecule has 7 nitrogen and oxygen atoms in total. The minimum Gasteiger partial charge on any atom is -0.466 e. The van der Waals surface area contributed by atoms with E-state index in [2.05, 4.69) is 40.2 Å². The third kappa shape index (κ3) is 6.04. The van der Waals surface area contributed by atoms with Crippen LogP contribution in [0.5, 0.6) is 0 Å². The molecule has 1 aromatic heterocycles. The van der Waals surface area contributed by atoms with Crippen molar-refractivity contribution in [3.05, 3.63) is 78.0 Å². The number of amides is 1. The fourth-order valence-corrected chi connectivity index (χ4v) is 5.57. The van der Waals surface area contributed by atoms with Crippen molar-refractivity contribution in [3.63, 3.8) is 0 Å². The molecule has 198 valence electrons. The van der Waals surface area contributed by atoms with Crippen LogP contribution in [0.1, 0.15) is 48.5 Å². The Bertz CT molecular complexity index is 1230. The van der Waals surface area contributed by atoms with Gasteiger partial charge in [0.15, 0.2) is 5.82 Å². The predicted molar refractivity (Wildman–Crippen MR) is 148 cm³/mol. The molecule has 0 aliphatic carbocycles. The van der Waals surface area contributed by atoms with E-state index in [0.29, 0.717) is 42.8 Å². The van der Waals surface area contributed by atoms with Crippen LogP contribution < -0.4 is 4.90 Å². The molecule has 38 heavy (non-hydrogen) atoms. The predicted octanol–water partition coefficient (Wildman–Crippen LogP) is 5.02. The zero-order chi connectivity index (χ0) is 26.3. The lowest BCUT2D eigenvalue weighted by atomic mass is 9.90. The highest BCUT2D eigenvalue weighted by Gasteiger charge is 2.33. The van der Waals surface area contributed by atoms with E-state index in [9.17, 15) is 9.59 Å². The lowest BCUT2D eigenvalue weighted by Crippen LogP contribution is -2.44. The molecule has 3 aromatic rings. The first-order valence-corrected chi connectivity index (χ1v) is 13.8. The number of likely N-dealkylation sites (tertiary alicyclic amines) is 1. The van der Waals surface area contributed by atoms with E-state index in [0.717, 1.165) is 50.8 Å². The van der Waals surface area contributed by atoms with Crippen molar-refractivity contribution in [2.24, 2.45) is 11.8 Å². The Labute approximate surface area is 224 Å². The smallest absolute Gasteiger partial charge is 0.310 e. The molecule has 2 saturated heterocycles. The van der Waals surface area contributed by atoms with Crippen LogP contribution in [0.3, 0.4) is 0 Å². The zero-order valence-electron chi connectivity index (χ0n) is 22.1. The molecule has 0 saturated carbocycles. The van der Waals surface area contributed by atoms with Gasteiger partial charge in [-0.25, -0.2) is 9.97 Å². The van der Waals surface area contributed by atoms with Crippen molar-refractivity contribution >= 4 is 17.7 Å². The summed E-state index contributed by atoms with van der Waals surface area (Å²) in [6.45, 7) is 4.83. The molecule has 1 atom stereocenters. The van der Waals surface area contributed by atoms with Gasteiger partial charge >= 0.3 is 5.97 Å². The zero-order valence-corrected chi connectivity index (χ0v) is 22.1. The van der Waals surface area contributed by atoms with Gasteiger partial charge in [0.2, 0.25) is 0 Å². The Kier molecular flexibility index (Phi) is 8.31.